The third kappa shape index (κ3) is 10.2. The Bertz CT molecular complexity index is 936. The quantitative estimate of drug-likeness (QED) is 0.622. The fourth-order valence-corrected chi connectivity index (χ4v) is 4.13. The number of methoxy groups -OCH3 is 2. The highest BCUT2D eigenvalue weighted by molar-refractivity contribution is 5.68. The Morgan fingerprint density at radius 3 is 1.92 bits per heavy atom. The van der Waals surface area contributed by atoms with Gasteiger partial charge in [-0.1, -0.05) is 24.3 Å². The summed E-state index contributed by atoms with van der Waals surface area (Å²) in [4.78, 5) is 13.9. The predicted molar refractivity (Wildman–Crippen MR) is 144 cm³/mol. The van der Waals surface area contributed by atoms with E-state index in [0.29, 0.717) is 25.8 Å². The molecule has 37 heavy (non-hydrogen) atoms. The summed E-state index contributed by atoms with van der Waals surface area (Å²) < 4.78 is 27.1. The van der Waals surface area contributed by atoms with Gasteiger partial charge in [0.25, 0.3) is 0 Å². The molecule has 1 N–H and O–H groups in total. The lowest BCUT2D eigenvalue weighted by Crippen LogP contribution is -2.48. The van der Waals surface area contributed by atoms with Crippen LogP contribution in [0.5, 0.6) is 11.5 Å². The predicted octanol–water partition coefficient (Wildman–Crippen LogP) is 4.10. The van der Waals surface area contributed by atoms with E-state index >= 15 is 0 Å². The van der Waals surface area contributed by atoms with Crippen molar-refractivity contribution in [3.8, 4) is 11.5 Å². The lowest BCUT2D eigenvalue weighted by atomic mass is 10.1. The molecule has 2 aromatic carbocycles. The number of nitrogens with one attached hydrogen (secondary N) is 1. The molecule has 0 unspecified atom stereocenters. The number of morpholine rings is 2. The van der Waals surface area contributed by atoms with E-state index < -0.39 is 5.60 Å². The van der Waals surface area contributed by atoms with Crippen molar-refractivity contribution in [1.29, 1.82) is 0 Å². The van der Waals surface area contributed by atoms with E-state index in [1.165, 1.54) is 5.56 Å². The number of hydrogen-bond donors (Lipinski definition) is 1. The number of carbonyl (C=O) groups excluding carboxylic acids is 1. The van der Waals surface area contributed by atoms with Gasteiger partial charge >= 0.3 is 6.09 Å². The largest absolute Gasteiger partial charge is 0.497 e. The average Bonchev–Trinajstić information content (AvgIpc) is 2.90. The van der Waals surface area contributed by atoms with E-state index in [2.05, 4.69) is 17.4 Å². The summed E-state index contributed by atoms with van der Waals surface area (Å²) >= 11 is 0. The minimum Gasteiger partial charge on any atom is -0.497 e. The highest BCUT2D eigenvalue weighted by atomic mass is 16.6. The van der Waals surface area contributed by atoms with Crippen LogP contribution < -0.4 is 14.8 Å². The van der Waals surface area contributed by atoms with Crippen LogP contribution in [0.25, 0.3) is 0 Å². The molecule has 0 aliphatic carbocycles. The van der Waals surface area contributed by atoms with E-state index in [1.807, 2.05) is 57.2 Å². The van der Waals surface area contributed by atoms with E-state index in [9.17, 15) is 4.79 Å². The Labute approximate surface area is 221 Å². The Hall–Kier alpha value is -2.81. The van der Waals surface area contributed by atoms with Gasteiger partial charge in [-0.25, -0.2) is 4.79 Å². The fourth-order valence-electron chi connectivity index (χ4n) is 4.13. The number of carbonyl (C=O) groups is 1. The molecule has 8 nitrogen and oxygen atoms in total. The van der Waals surface area contributed by atoms with Gasteiger partial charge in [0.1, 0.15) is 17.1 Å². The molecule has 1 amide bonds. The van der Waals surface area contributed by atoms with Gasteiger partial charge in [0.05, 0.1) is 46.2 Å². The van der Waals surface area contributed by atoms with Gasteiger partial charge in [-0.3, -0.25) is 0 Å². The Morgan fingerprint density at radius 1 is 0.892 bits per heavy atom. The highest BCUT2D eigenvalue weighted by Crippen LogP contribution is 2.18. The molecule has 4 rings (SSSR count). The smallest absolute Gasteiger partial charge is 0.410 e. The summed E-state index contributed by atoms with van der Waals surface area (Å²) in [6.45, 7) is 10.0. The normalized spacial score (nSPS) is 19.9. The molecule has 2 saturated heterocycles. The monoisotopic (exact) mass is 514 g/mol. The molecule has 0 spiro atoms. The van der Waals surface area contributed by atoms with Crippen molar-refractivity contribution in [2.75, 3.05) is 53.6 Å². The molecule has 0 saturated carbocycles. The van der Waals surface area contributed by atoms with E-state index in [-0.39, 0.29) is 12.2 Å². The van der Waals surface area contributed by atoms with E-state index in [4.69, 9.17) is 23.7 Å². The van der Waals surface area contributed by atoms with Crippen LogP contribution in [0, 0.1) is 0 Å². The second-order valence-corrected chi connectivity index (χ2v) is 10.2. The summed E-state index contributed by atoms with van der Waals surface area (Å²) in [6.07, 6.45) is 1.78. The minimum atomic E-state index is -0.471. The molecule has 0 radical (unpaired) electrons. The lowest BCUT2D eigenvalue weighted by molar-refractivity contribution is -0.0415. The molecule has 2 heterocycles. The molecule has 0 aromatic heterocycles. The summed E-state index contributed by atoms with van der Waals surface area (Å²) in [6, 6.07) is 16.1. The van der Waals surface area contributed by atoms with Gasteiger partial charge in [-0.05, 0) is 62.6 Å². The molecule has 2 fully saturated rings. The summed E-state index contributed by atoms with van der Waals surface area (Å²) in [5.41, 5.74) is 1.99. The van der Waals surface area contributed by atoms with Crippen molar-refractivity contribution >= 4 is 6.09 Å². The zero-order valence-corrected chi connectivity index (χ0v) is 22.8. The molecular weight excluding hydrogens is 472 g/mol. The molecule has 204 valence electrons. The number of amides is 1. The van der Waals surface area contributed by atoms with Crippen molar-refractivity contribution in [3.63, 3.8) is 0 Å². The Morgan fingerprint density at radius 2 is 1.43 bits per heavy atom. The first kappa shape index (κ1) is 28.8. The number of nitrogens with zero attached hydrogens (tertiary/aromatic N) is 1. The molecule has 2 aromatic rings. The number of benzene rings is 2. The standard InChI is InChI=1S/C17H25NO4.C12H17NO2/c1-17(2,3)22-16(19)18-9-10-21-15(12-18)11-13-5-7-14(20-4)8-6-13;1-14-11-4-2-10(3-5-11)8-12-9-13-6-7-15-12/h5-8,15H,9-12H2,1-4H3;2-5,12-13H,6-9H2,1H3/t15-;12-/m11/s1. The molecular formula is C29H42N2O6. The zero-order valence-electron chi connectivity index (χ0n) is 22.8. The topological polar surface area (TPSA) is 78.5 Å². The van der Waals surface area contributed by atoms with E-state index in [0.717, 1.165) is 49.6 Å². The summed E-state index contributed by atoms with van der Waals surface area (Å²) in [7, 11) is 3.33. The maximum absolute atomic E-state index is 12.1. The van der Waals surface area contributed by atoms with Crippen molar-refractivity contribution in [1.82, 2.24) is 10.2 Å². The number of hydrogen-bond acceptors (Lipinski definition) is 7. The van der Waals surface area contributed by atoms with Gasteiger partial charge in [-0.15, -0.1) is 0 Å². The first-order valence-corrected chi connectivity index (χ1v) is 12.9. The molecule has 2 aliphatic heterocycles. The molecule has 2 aliphatic rings. The van der Waals surface area contributed by atoms with Gasteiger partial charge in [0.2, 0.25) is 0 Å². The van der Waals surface area contributed by atoms with Crippen LogP contribution in [-0.4, -0.2) is 82.4 Å². The van der Waals surface area contributed by atoms with Crippen LogP contribution in [0.2, 0.25) is 0 Å². The maximum Gasteiger partial charge on any atom is 0.410 e. The maximum atomic E-state index is 12.1. The molecule has 0 bridgehead atoms. The first-order chi connectivity index (χ1) is 17.8. The minimum absolute atomic E-state index is 0.00494. The van der Waals surface area contributed by atoms with Crippen LogP contribution >= 0.6 is 0 Å². The number of ether oxygens (including phenoxy) is 5. The van der Waals surface area contributed by atoms with Crippen LogP contribution in [0.1, 0.15) is 31.9 Å². The van der Waals surface area contributed by atoms with Crippen LogP contribution in [0.4, 0.5) is 4.79 Å². The van der Waals surface area contributed by atoms with Crippen molar-refractivity contribution in [2.24, 2.45) is 0 Å². The highest BCUT2D eigenvalue weighted by Gasteiger charge is 2.28. The van der Waals surface area contributed by atoms with E-state index in [1.54, 1.807) is 19.1 Å². The van der Waals surface area contributed by atoms with Crippen LogP contribution in [-0.2, 0) is 27.1 Å². The second kappa shape index (κ2) is 14.2. The average molecular weight is 515 g/mol. The van der Waals surface area contributed by atoms with Crippen molar-refractivity contribution in [2.45, 2.75) is 51.4 Å². The molecule has 8 heteroatoms. The third-order valence-electron chi connectivity index (χ3n) is 6.04. The van der Waals surface area contributed by atoms with Gasteiger partial charge < -0.3 is 33.9 Å². The molecule has 2 atom stereocenters. The van der Waals surface area contributed by atoms with Crippen LogP contribution in [0.3, 0.4) is 0 Å². The van der Waals surface area contributed by atoms with Crippen molar-refractivity contribution < 1.29 is 28.5 Å². The fraction of sp³-hybridized carbons (Fsp3) is 0.552. The zero-order chi connectivity index (χ0) is 26.7. The lowest BCUT2D eigenvalue weighted by Gasteiger charge is -2.34. The first-order valence-electron chi connectivity index (χ1n) is 12.9. The summed E-state index contributed by atoms with van der Waals surface area (Å²) in [5.74, 6) is 1.74. The Balaban J connectivity index is 0.000000220. The number of rotatable bonds is 6. The summed E-state index contributed by atoms with van der Waals surface area (Å²) in [5, 5.41) is 3.33. The van der Waals surface area contributed by atoms with Crippen LogP contribution in [0.15, 0.2) is 48.5 Å². The SMILES string of the molecule is COc1ccc(C[C@@H]2CN(C(=O)OC(C)(C)C)CCO2)cc1.COc1ccc(C[C@@H]2CNCCO2)cc1. The third-order valence-corrected chi connectivity index (χ3v) is 6.04. The van der Waals surface area contributed by atoms with Crippen molar-refractivity contribution in [3.05, 3.63) is 59.7 Å². The van der Waals surface area contributed by atoms with Gasteiger partial charge in [0.15, 0.2) is 0 Å². The van der Waals surface area contributed by atoms with Gasteiger partial charge in [0, 0.05) is 26.1 Å². The van der Waals surface area contributed by atoms with Gasteiger partial charge in [-0.2, -0.15) is 0 Å². The Kier molecular flexibility index (Phi) is 11.0. The second-order valence-electron chi connectivity index (χ2n) is 10.2.